The predicted molar refractivity (Wildman–Crippen MR) is 107 cm³/mol. The Kier molecular flexibility index (Phi) is 4.64. The maximum Gasteiger partial charge on any atom is 0.573 e. The Bertz CT molecular complexity index is 1300. The van der Waals surface area contributed by atoms with Crippen LogP contribution in [0.4, 0.5) is 13.2 Å². The van der Waals surface area contributed by atoms with Gasteiger partial charge in [0.1, 0.15) is 22.7 Å². The molecule has 162 valence electrons. The molecule has 31 heavy (non-hydrogen) atoms. The molecule has 11 heteroatoms. The van der Waals surface area contributed by atoms with E-state index in [1.54, 1.807) is 7.05 Å². The van der Waals surface area contributed by atoms with Crippen molar-refractivity contribution in [2.45, 2.75) is 32.7 Å². The fraction of sp³-hybridized carbons (Fsp3) is 0.300. The molecule has 4 aromatic rings. The minimum absolute atomic E-state index is 0.301. The number of carbonyl (C=O) groups is 1. The summed E-state index contributed by atoms with van der Waals surface area (Å²) in [4.78, 5) is 24.4. The average molecular weight is 432 g/mol. The molecule has 3 aromatic heterocycles. The number of hydrogen-bond donors (Lipinski definition) is 2. The Labute approximate surface area is 174 Å². The summed E-state index contributed by atoms with van der Waals surface area (Å²) in [5.41, 5.74) is 1.94. The second kappa shape index (κ2) is 6.96. The van der Waals surface area contributed by atoms with Crippen LogP contribution in [0.3, 0.4) is 0 Å². The summed E-state index contributed by atoms with van der Waals surface area (Å²) in [5.74, 6) is -0.645. The molecule has 3 heterocycles. The van der Waals surface area contributed by atoms with Crippen LogP contribution in [0.5, 0.6) is 5.75 Å². The first-order chi connectivity index (χ1) is 14.4. The third kappa shape index (κ3) is 4.16. The minimum atomic E-state index is -4.79. The molecule has 1 aromatic carbocycles. The van der Waals surface area contributed by atoms with E-state index < -0.39 is 11.9 Å². The lowest BCUT2D eigenvalue weighted by Crippen LogP contribution is -2.40. The zero-order valence-corrected chi connectivity index (χ0v) is 17.1. The number of nitrogens with zero attached hydrogens (tertiary/aromatic N) is 4. The van der Waals surface area contributed by atoms with Gasteiger partial charge in [-0.05, 0) is 32.9 Å². The fourth-order valence-corrected chi connectivity index (χ4v) is 3.21. The largest absolute Gasteiger partial charge is 0.573 e. The van der Waals surface area contributed by atoms with Gasteiger partial charge in [-0.3, -0.25) is 9.48 Å². The van der Waals surface area contributed by atoms with Crippen molar-refractivity contribution in [2.75, 3.05) is 0 Å². The summed E-state index contributed by atoms with van der Waals surface area (Å²) >= 11 is 0. The molecule has 0 unspecified atom stereocenters. The van der Waals surface area contributed by atoms with Gasteiger partial charge >= 0.3 is 6.36 Å². The fourth-order valence-electron chi connectivity index (χ4n) is 3.21. The van der Waals surface area contributed by atoms with Gasteiger partial charge in [-0.1, -0.05) is 0 Å². The highest BCUT2D eigenvalue weighted by molar-refractivity contribution is 6.05. The second-order valence-corrected chi connectivity index (χ2v) is 8.06. The number of halogens is 3. The van der Waals surface area contributed by atoms with E-state index in [0.717, 1.165) is 0 Å². The molecule has 0 saturated heterocycles. The SMILES string of the molecule is Cn1nc(-c2cnc3[nH]cc(C(=O)NC(C)(C)C)c3n2)c2ccc(OC(F)(F)F)cc21. The number of carbonyl (C=O) groups excluding carboxylic acids is 1. The molecule has 1 amide bonds. The Morgan fingerprint density at radius 3 is 2.65 bits per heavy atom. The van der Waals surface area contributed by atoms with Crippen molar-refractivity contribution in [3.05, 3.63) is 36.2 Å². The number of aryl methyl sites for hydroxylation is 1. The summed E-state index contributed by atoms with van der Waals surface area (Å²) < 4.78 is 43.0. The van der Waals surface area contributed by atoms with E-state index in [-0.39, 0.29) is 11.7 Å². The lowest BCUT2D eigenvalue weighted by Gasteiger charge is -2.19. The van der Waals surface area contributed by atoms with Gasteiger partial charge in [0.25, 0.3) is 5.91 Å². The maximum absolute atomic E-state index is 12.6. The van der Waals surface area contributed by atoms with E-state index in [1.165, 1.54) is 35.3 Å². The van der Waals surface area contributed by atoms with Crippen molar-refractivity contribution in [3.63, 3.8) is 0 Å². The van der Waals surface area contributed by atoms with Crippen molar-refractivity contribution >= 4 is 28.0 Å². The van der Waals surface area contributed by atoms with Crippen molar-refractivity contribution in [1.82, 2.24) is 30.0 Å². The average Bonchev–Trinajstić information content (AvgIpc) is 3.20. The molecule has 0 fully saturated rings. The summed E-state index contributed by atoms with van der Waals surface area (Å²) in [5, 5.41) is 7.84. The summed E-state index contributed by atoms with van der Waals surface area (Å²) in [6.07, 6.45) is -1.76. The number of hydrogen-bond acceptors (Lipinski definition) is 5. The van der Waals surface area contributed by atoms with Gasteiger partial charge in [0, 0.05) is 30.2 Å². The molecule has 8 nitrogen and oxygen atoms in total. The van der Waals surface area contributed by atoms with Crippen molar-refractivity contribution in [3.8, 4) is 17.1 Å². The molecule has 0 atom stereocenters. The third-order valence-corrected chi connectivity index (χ3v) is 4.41. The van der Waals surface area contributed by atoms with Crippen LogP contribution < -0.4 is 10.1 Å². The number of nitrogens with one attached hydrogen (secondary N) is 2. The van der Waals surface area contributed by atoms with Crippen molar-refractivity contribution in [2.24, 2.45) is 7.05 Å². The first-order valence-corrected chi connectivity index (χ1v) is 9.31. The summed E-state index contributed by atoms with van der Waals surface area (Å²) in [6, 6.07) is 3.95. The Morgan fingerprint density at radius 1 is 1.23 bits per heavy atom. The highest BCUT2D eigenvalue weighted by atomic mass is 19.4. The van der Waals surface area contributed by atoms with Gasteiger partial charge in [0.2, 0.25) is 0 Å². The van der Waals surface area contributed by atoms with Crippen LogP contribution in [0.1, 0.15) is 31.1 Å². The number of fused-ring (bicyclic) bond motifs is 2. The van der Waals surface area contributed by atoms with Crippen LogP contribution in [0.2, 0.25) is 0 Å². The normalized spacial score (nSPS) is 12.5. The number of amides is 1. The van der Waals surface area contributed by atoms with Gasteiger partial charge < -0.3 is 15.0 Å². The topological polar surface area (TPSA) is 97.7 Å². The smallest absolute Gasteiger partial charge is 0.406 e. The first-order valence-electron chi connectivity index (χ1n) is 9.31. The molecule has 0 saturated carbocycles. The van der Waals surface area contributed by atoms with Crippen LogP contribution in [0.25, 0.3) is 33.5 Å². The van der Waals surface area contributed by atoms with Crippen LogP contribution in [-0.2, 0) is 7.05 Å². The number of ether oxygens (including phenoxy) is 1. The quantitative estimate of drug-likeness (QED) is 0.511. The van der Waals surface area contributed by atoms with Crippen LogP contribution in [0, 0.1) is 0 Å². The zero-order valence-electron chi connectivity index (χ0n) is 17.1. The highest BCUT2D eigenvalue weighted by Crippen LogP contribution is 2.32. The second-order valence-electron chi connectivity index (χ2n) is 8.06. The van der Waals surface area contributed by atoms with Gasteiger partial charge in [-0.2, -0.15) is 5.10 Å². The molecule has 0 aliphatic carbocycles. The lowest BCUT2D eigenvalue weighted by molar-refractivity contribution is -0.274. The Morgan fingerprint density at radius 2 is 1.97 bits per heavy atom. The zero-order chi connectivity index (χ0) is 22.6. The number of aromatic amines is 1. The van der Waals surface area contributed by atoms with E-state index in [2.05, 4.69) is 30.1 Å². The number of H-pyrrole nitrogens is 1. The van der Waals surface area contributed by atoms with Gasteiger partial charge in [0.05, 0.1) is 17.3 Å². The number of rotatable bonds is 3. The van der Waals surface area contributed by atoms with Gasteiger partial charge in [-0.25, -0.2) is 9.97 Å². The maximum atomic E-state index is 12.6. The lowest BCUT2D eigenvalue weighted by atomic mass is 10.1. The standard InChI is InChI=1S/C20H19F3N6O2/c1-19(2,3)27-18(30)12-8-24-17-16(12)26-13(9-25-17)15-11-6-5-10(31-20(21,22)23)7-14(11)29(4)28-15/h5-9H,1-4H3,(H,24,25)(H,27,30). The third-order valence-electron chi connectivity index (χ3n) is 4.41. The van der Waals surface area contributed by atoms with E-state index in [9.17, 15) is 18.0 Å². The molecular formula is C20H19F3N6O2. The molecule has 0 bridgehead atoms. The summed E-state index contributed by atoms with van der Waals surface area (Å²) in [7, 11) is 1.60. The van der Waals surface area contributed by atoms with Crippen LogP contribution in [-0.4, -0.2) is 42.5 Å². The van der Waals surface area contributed by atoms with Crippen molar-refractivity contribution in [1.29, 1.82) is 0 Å². The molecular weight excluding hydrogens is 413 g/mol. The van der Waals surface area contributed by atoms with Crippen molar-refractivity contribution < 1.29 is 22.7 Å². The monoisotopic (exact) mass is 432 g/mol. The first kappa shape index (κ1) is 20.6. The van der Waals surface area contributed by atoms with E-state index in [1.807, 2.05) is 20.8 Å². The number of alkyl halides is 3. The van der Waals surface area contributed by atoms with E-state index in [0.29, 0.717) is 39.0 Å². The Balaban J connectivity index is 1.78. The summed E-state index contributed by atoms with van der Waals surface area (Å²) in [6.45, 7) is 5.61. The molecule has 0 radical (unpaired) electrons. The molecule has 0 aliphatic rings. The number of benzene rings is 1. The van der Waals surface area contributed by atoms with Crippen LogP contribution in [0.15, 0.2) is 30.6 Å². The molecule has 2 N–H and O–H groups in total. The molecule has 4 rings (SSSR count). The minimum Gasteiger partial charge on any atom is -0.406 e. The highest BCUT2D eigenvalue weighted by Gasteiger charge is 2.31. The molecule has 0 aliphatic heterocycles. The molecule has 0 spiro atoms. The Hall–Kier alpha value is -3.63. The number of aromatic nitrogens is 5. The predicted octanol–water partition coefficient (Wildman–Crippen LogP) is 3.94. The van der Waals surface area contributed by atoms with E-state index >= 15 is 0 Å². The van der Waals surface area contributed by atoms with Crippen LogP contribution >= 0.6 is 0 Å². The van der Waals surface area contributed by atoms with E-state index in [4.69, 9.17) is 0 Å². The van der Waals surface area contributed by atoms with Gasteiger partial charge in [-0.15, -0.1) is 13.2 Å². The van der Waals surface area contributed by atoms with Gasteiger partial charge in [0.15, 0.2) is 5.65 Å².